The normalized spacial score (nSPS) is 11.9. The van der Waals surface area contributed by atoms with Crippen LogP contribution in [0.3, 0.4) is 0 Å². The van der Waals surface area contributed by atoms with Crippen LogP contribution in [0.2, 0.25) is 5.02 Å². The van der Waals surface area contributed by atoms with E-state index < -0.39 is 30.2 Å². The van der Waals surface area contributed by atoms with Crippen LogP contribution in [-0.2, 0) is 17.8 Å². The number of nitrogens with zero attached hydrogens (tertiary/aromatic N) is 3. The van der Waals surface area contributed by atoms with Gasteiger partial charge in [-0.2, -0.15) is 5.10 Å². The minimum atomic E-state index is -4.91. The number of hydrogen-bond donors (Lipinski definition) is 2. The number of carboxylic acid groups (broad SMARTS) is 1. The Labute approximate surface area is 175 Å². The molecule has 2 aromatic heterocycles. The summed E-state index contributed by atoms with van der Waals surface area (Å²) in [5.41, 5.74) is 0.375. The van der Waals surface area contributed by atoms with Gasteiger partial charge in [-0.15, -0.1) is 13.2 Å². The van der Waals surface area contributed by atoms with Crippen LogP contribution in [0.1, 0.15) is 11.5 Å². The van der Waals surface area contributed by atoms with Crippen molar-refractivity contribution in [2.24, 2.45) is 0 Å². The number of carboxylic acids is 1. The summed E-state index contributed by atoms with van der Waals surface area (Å²) in [4.78, 5) is 30.8. The molecule has 2 N–H and O–H groups in total. The van der Waals surface area contributed by atoms with E-state index in [9.17, 15) is 22.8 Å². The fourth-order valence-electron chi connectivity index (χ4n) is 3.18. The monoisotopic (exact) mass is 452 g/mol. The predicted octanol–water partition coefficient (Wildman–Crippen LogP) is 3.50. The Balaban J connectivity index is 1.77. The zero-order chi connectivity index (χ0) is 22.3. The number of aliphatic carboxylic acids is 1. The number of fused-ring (bicyclic) bond motifs is 2. The van der Waals surface area contributed by atoms with Crippen LogP contribution in [0.15, 0.2) is 41.2 Å². The Morgan fingerprint density at radius 1 is 1.23 bits per heavy atom. The van der Waals surface area contributed by atoms with Gasteiger partial charge in [-0.25, -0.2) is 9.67 Å². The molecule has 0 aliphatic carbocycles. The largest absolute Gasteiger partial charge is 0.573 e. The van der Waals surface area contributed by atoms with E-state index in [-0.39, 0.29) is 22.3 Å². The number of imidazole rings is 1. The van der Waals surface area contributed by atoms with E-state index in [1.165, 1.54) is 6.07 Å². The van der Waals surface area contributed by atoms with Crippen molar-refractivity contribution in [1.82, 2.24) is 19.7 Å². The van der Waals surface area contributed by atoms with Gasteiger partial charge in [-0.3, -0.25) is 9.59 Å². The quantitative estimate of drug-likeness (QED) is 0.479. The highest BCUT2D eigenvalue weighted by Crippen LogP contribution is 2.33. The molecule has 0 spiro atoms. The summed E-state index contributed by atoms with van der Waals surface area (Å²) in [6.07, 6.45) is -4.85. The first-order valence-corrected chi connectivity index (χ1v) is 9.13. The van der Waals surface area contributed by atoms with Crippen molar-refractivity contribution in [2.75, 3.05) is 0 Å². The molecule has 0 radical (unpaired) electrons. The molecule has 0 fully saturated rings. The first kappa shape index (κ1) is 20.7. The van der Waals surface area contributed by atoms with Gasteiger partial charge in [0, 0.05) is 11.5 Å². The van der Waals surface area contributed by atoms with Crippen LogP contribution in [0.25, 0.3) is 21.8 Å². The van der Waals surface area contributed by atoms with Gasteiger partial charge in [-0.05, 0) is 12.1 Å². The fourth-order valence-corrected chi connectivity index (χ4v) is 3.38. The lowest BCUT2D eigenvalue weighted by molar-refractivity contribution is -0.274. The summed E-state index contributed by atoms with van der Waals surface area (Å²) in [7, 11) is 0. The van der Waals surface area contributed by atoms with E-state index in [0.717, 1.165) is 10.7 Å². The lowest BCUT2D eigenvalue weighted by Gasteiger charge is -2.09. The lowest BCUT2D eigenvalue weighted by atomic mass is 10.1. The summed E-state index contributed by atoms with van der Waals surface area (Å²) >= 11 is 5.86. The summed E-state index contributed by atoms with van der Waals surface area (Å²) in [6, 6.07) is 8.88. The number of aromatic amines is 1. The number of rotatable bonds is 5. The molecule has 0 aliphatic rings. The first-order chi connectivity index (χ1) is 14.6. The minimum Gasteiger partial charge on any atom is -0.480 e. The highest BCUT2D eigenvalue weighted by atomic mass is 35.5. The number of hydrogen-bond acceptors (Lipinski definition) is 5. The molecule has 12 heteroatoms. The Morgan fingerprint density at radius 2 is 1.94 bits per heavy atom. The number of benzene rings is 2. The molecule has 8 nitrogen and oxygen atoms in total. The van der Waals surface area contributed by atoms with Gasteiger partial charge in [-0.1, -0.05) is 29.8 Å². The van der Waals surface area contributed by atoms with Crippen LogP contribution in [-0.4, -0.2) is 37.2 Å². The molecular weight excluding hydrogens is 441 g/mol. The molecule has 2 aromatic carbocycles. The van der Waals surface area contributed by atoms with E-state index in [4.69, 9.17) is 16.7 Å². The molecular formula is C19H12ClF3N4O4. The molecule has 4 rings (SSSR count). The molecule has 0 bridgehead atoms. The van der Waals surface area contributed by atoms with Gasteiger partial charge in [0.25, 0.3) is 5.56 Å². The third-order valence-electron chi connectivity index (χ3n) is 4.37. The number of ether oxygens (including phenoxy) is 1. The van der Waals surface area contributed by atoms with Gasteiger partial charge in [0.15, 0.2) is 0 Å². The standard InChI is InChI=1S/C19H12ClF3N4O4/c20-11-5-13-14(6-15(11)31-19(21,22)23)25-16(24-13)7-12-9-3-1-2-4-10(9)18(30)27(26-12)8-17(28)29/h1-6H,7-8H2,(H,24,25)(H,28,29). The zero-order valence-corrected chi connectivity index (χ0v) is 16.2. The third-order valence-corrected chi connectivity index (χ3v) is 4.67. The second-order valence-electron chi connectivity index (χ2n) is 6.56. The lowest BCUT2D eigenvalue weighted by Crippen LogP contribution is -2.28. The molecule has 0 saturated heterocycles. The van der Waals surface area contributed by atoms with Crippen molar-refractivity contribution >= 4 is 39.4 Å². The Kier molecular flexibility index (Phi) is 5.05. The summed E-state index contributed by atoms with van der Waals surface area (Å²) in [5.74, 6) is -1.49. The Bertz CT molecular complexity index is 1380. The summed E-state index contributed by atoms with van der Waals surface area (Å²) in [5, 5.41) is 13.7. The topological polar surface area (TPSA) is 110 Å². The van der Waals surface area contributed by atoms with Gasteiger partial charge < -0.3 is 14.8 Å². The predicted molar refractivity (Wildman–Crippen MR) is 104 cm³/mol. The number of carbonyl (C=O) groups is 1. The fraction of sp³-hybridized carbons (Fsp3) is 0.158. The SMILES string of the molecule is O=C(O)Cn1nc(Cc2nc3cc(OC(F)(F)F)c(Cl)cc3[nH]2)c2ccccc2c1=O. The van der Waals surface area contributed by atoms with E-state index in [1.807, 2.05) is 0 Å². The average molecular weight is 453 g/mol. The van der Waals surface area contributed by atoms with Crippen molar-refractivity contribution < 1.29 is 27.8 Å². The van der Waals surface area contributed by atoms with E-state index in [1.54, 1.807) is 24.3 Å². The van der Waals surface area contributed by atoms with Crippen molar-refractivity contribution in [3.8, 4) is 5.75 Å². The molecule has 0 amide bonds. The van der Waals surface area contributed by atoms with Crippen molar-refractivity contribution in [3.63, 3.8) is 0 Å². The molecule has 2 heterocycles. The maximum absolute atomic E-state index is 12.5. The van der Waals surface area contributed by atoms with E-state index in [2.05, 4.69) is 19.8 Å². The van der Waals surface area contributed by atoms with Crippen molar-refractivity contribution in [3.05, 3.63) is 63.3 Å². The van der Waals surface area contributed by atoms with Gasteiger partial charge in [0.05, 0.1) is 33.6 Å². The third kappa shape index (κ3) is 4.31. The second-order valence-corrected chi connectivity index (χ2v) is 6.96. The maximum Gasteiger partial charge on any atom is 0.573 e. The number of aromatic nitrogens is 4. The Morgan fingerprint density at radius 3 is 2.61 bits per heavy atom. The average Bonchev–Trinajstić information content (AvgIpc) is 3.05. The molecule has 31 heavy (non-hydrogen) atoms. The van der Waals surface area contributed by atoms with Gasteiger partial charge in [0.2, 0.25) is 0 Å². The minimum absolute atomic E-state index is 0.0577. The number of nitrogens with one attached hydrogen (secondary N) is 1. The first-order valence-electron chi connectivity index (χ1n) is 8.75. The van der Waals surface area contributed by atoms with Crippen LogP contribution in [0.4, 0.5) is 13.2 Å². The molecule has 0 saturated carbocycles. The molecule has 4 aromatic rings. The van der Waals surface area contributed by atoms with E-state index in [0.29, 0.717) is 22.4 Å². The van der Waals surface area contributed by atoms with Crippen molar-refractivity contribution in [2.45, 2.75) is 19.3 Å². The van der Waals surface area contributed by atoms with Crippen LogP contribution >= 0.6 is 11.6 Å². The molecule has 0 atom stereocenters. The second kappa shape index (κ2) is 7.58. The number of alkyl halides is 3. The maximum atomic E-state index is 12.5. The number of halogens is 4. The molecule has 0 aliphatic heterocycles. The smallest absolute Gasteiger partial charge is 0.480 e. The van der Waals surface area contributed by atoms with Crippen LogP contribution in [0.5, 0.6) is 5.75 Å². The Hall–Kier alpha value is -3.60. The molecule has 0 unspecified atom stereocenters. The van der Waals surface area contributed by atoms with Gasteiger partial charge in [0.1, 0.15) is 18.1 Å². The summed E-state index contributed by atoms with van der Waals surface area (Å²) in [6.45, 7) is -0.620. The summed E-state index contributed by atoms with van der Waals surface area (Å²) < 4.78 is 42.4. The molecule has 160 valence electrons. The van der Waals surface area contributed by atoms with Crippen LogP contribution in [0, 0.1) is 0 Å². The highest BCUT2D eigenvalue weighted by Gasteiger charge is 2.32. The number of H-pyrrole nitrogens is 1. The van der Waals surface area contributed by atoms with Crippen LogP contribution < -0.4 is 10.3 Å². The van der Waals surface area contributed by atoms with Gasteiger partial charge >= 0.3 is 12.3 Å². The highest BCUT2D eigenvalue weighted by molar-refractivity contribution is 6.32. The van der Waals surface area contributed by atoms with Crippen molar-refractivity contribution in [1.29, 1.82) is 0 Å². The zero-order valence-electron chi connectivity index (χ0n) is 15.4. The van der Waals surface area contributed by atoms with E-state index >= 15 is 0 Å².